The van der Waals surface area contributed by atoms with Gasteiger partial charge >= 0.3 is 5.97 Å². The van der Waals surface area contributed by atoms with E-state index in [1.165, 1.54) is 12.1 Å². The van der Waals surface area contributed by atoms with Gasteiger partial charge in [-0.05, 0) is 79.3 Å². The Morgan fingerprint density at radius 3 is 2.50 bits per heavy atom. The van der Waals surface area contributed by atoms with E-state index < -0.39 is 23.4 Å². The number of carboxylic acid groups (broad SMARTS) is 1. The lowest BCUT2D eigenvalue weighted by atomic mass is 9.80. The maximum Gasteiger partial charge on any atom is 0.335 e. The van der Waals surface area contributed by atoms with E-state index in [4.69, 9.17) is 14.5 Å². The molecule has 0 radical (unpaired) electrons. The Balaban J connectivity index is 1.27. The number of ether oxygens (including phenoxy) is 2. The standard InChI is InChI=1S/C34H30F3N3O4/c1-19-6-7-22(26(35)10-19)18-44-33-5-3-4-29(39-33)25-16-27(36)23(13-28(25)37)15-32-38-30-9-8-21(34(41)42)14-31(30)40(32)24-11-20(12-24)17-43-2/h3-10,13-14,16,20,24H,11-12,15,17-18H2,1-2H3,(H,41,42)/t20-,24+. The lowest BCUT2D eigenvalue weighted by molar-refractivity contribution is 0.0696. The second-order valence-corrected chi connectivity index (χ2v) is 11.2. The van der Waals surface area contributed by atoms with E-state index in [9.17, 15) is 14.3 Å². The summed E-state index contributed by atoms with van der Waals surface area (Å²) in [5.41, 5.74) is 2.73. The molecular formula is C34H30F3N3O4. The molecule has 44 heavy (non-hydrogen) atoms. The van der Waals surface area contributed by atoms with Crippen LogP contribution in [0.15, 0.2) is 66.7 Å². The zero-order valence-electron chi connectivity index (χ0n) is 24.2. The fraction of sp³-hybridized carbons (Fsp3) is 0.265. The Kier molecular flexibility index (Phi) is 8.09. The fourth-order valence-corrected chi connectivity index (χ4v) is 5.75. The van der Waals surface area contributed by atoms with Gasteiger partial charge in [0.15, 0.2) is 0 Å². The molecule has 0 amide bonds. The molecule has 226 valence electrons. The summed E-state index contributed by atoms with van der Waals surface area (Å²) in [5, 5.41) is 9.54. The lowest BCUT2D eigenvalue weighted by Crippen LogP contribution is -2.30. The molecule has 0 spiro atoms. The van der Waals surface area contributed by atoms with Gasteiger partial charge in [0.2, 0.25) is 5.88 Å². The molecule has 0 unspecified atom stereocenters. The van der Waals surface area contributed by atoms with Crippen LogP contribution in [0, 0.1) is 30.3 Å². The number of imidazole rings is 1. The predicted octanol–water partition coefficient (Wildman–Crippen LogP) is 7.29. The zero-order chi connectivity index (χ0) is 31.0. The number of methoxy groups -OCH3 is 1. The molecule has 0 saturated heterocycles. The molecule has 1 aliphatic rings. The van der Waals surface area contributed by atoms with Gasteiger partial charge in [-0.15, -0.1) is 0 Å². The van der Waals surface area contributed by atoms with E-state index in [2.05, 4.69) is 4.98 Å². The number of aryl methyl sites for hydroxylation is 1. The molecule has 0 bridgehead atoms. The number of carbonyl (C=O) groups is 1. The maximum atomic E-state index is 15.6. The second kappa shape index (κ2) is 12.1. The smallest absolute Gasteiger partial charge is 0.335 e. The van der Waals surface area contributed by atoms with Gasteiger partial charge in [-0.1, -0.05) is 18.2 Å². The minimum atomic E-state index is -1.05. The van der Waals surface area contributed by atoms with Crippen molar-refractivity contribution in [2.24, 2.45) is 5.92 Å². The third-order valence-electron chi connectivity index (χ3n) is 8.06. The Morgan fingerprint density at radius 1 is 0.955 bits per heavy atom. The molecule has 1 N–H and O–H groups in total. The first-order chi connectivity index (χ1) is 21.2. The molecule has 0 aliphatic heterocycles. The molecule has 0 atom stereocenters. The first-order valence-electron chi connectivity index (χ1n) is 14.3. The van der Waals surface area contributed by atoms with Crippen LogP contribution in [0.3, 0.4) is 0 Å². The van der Waals surface area contributed by atoms with Gasteiger partial charge in [0.25, 0.3) is 0 Å². The molecule has 7 nitrogen and oxygen atoms in total. The van der Waals surface area contributed by atoms with Gasteiger partial charge in [0.05, 0.1) is 22.3 Å². The topological polar surface area (TPSA) is 86.5 Å². The highest BCUT2D eigenvalue weighted by Gasteiger charge is 2.33. The summed E-state index contributed by atoms with van der Waals surface area (Å²) >= 11 is 0. The number of rotatable bonds is 10. The minimum absolute atomic E-state index is 0.00422. The number of nitrogens with zero attached hydrogens (tertiary/aromatic N) is 3. The highest BCUT2D eigenvalue weighted by molar-refractivity contribution is 5.92. The highest BCUT2D eigenvalue weighted by Crippen LogP contribution is 2.41. The van der Waals surface area contributed by atoms with Crippen molar-refractivity contribution >= 4 is 17.0 Å². The second-order valence-electron chi connectivity index (χ2n) is 11.2. The molecule has 5 aromatic rings. The van der Waals surface area contributed by atoms with Gasteiger partial charge in [-0.3, -0.25) is 0 Å². The van der Waals surface area contributed by atoms with E-state index >= 15 is 8.78 Å². The normalized spacial score (nSPS) is 16.2. The molecule has 6 rings (SSSR count). The molecule has 3 aromatic carbocycles. The van der Waals surface area contributed by atoms with E-state index in [1.54, 1.807) is 56.5 Å². The number of aromatic carboxylic acids is 1. The van der Waals surface area contributed by atoms with E-state index in [0.717, 1.165) is 30.5 Å². The predicted molar refractivity (Wildman–Crippen MR) is 158 cm³/mol. The lowest BCUT2D eigenvalue weighted by Gasteiger charge is -2.37. The Morgan fingerprint density at radius 2 is 1.75 bits per heavy atom. The van der Waals surface area contributed by atoms with E-state index in [0.29, 0.717) is 34.9 Å². The van der Waals surface area contributed by atoms with Crippen LogP contribution in [-0.4, -0.2) is 39.3 Å². The summed E-state index contributed by atoms with van der Waals surface area (Å²) in [6.07, 6.45) is 1.62. The summed E-state index contributed by atoms with van der Waals surface area (Å²) in [5.74, 6) is -1.73. The van der Waals surface area contributed by atoms with Gasteiger partial charge < -0.3 is 19.1 Å². The molecule has 1 saturated carbocycles. The monoisotopic (exact) mass is 601 g/mol. The first kappa shape index (κ1) is 29.4. The van der Waals surface area contributed by atoms with E-state index in [1.807, 2.05) is 4.57 Å². The van der Waals surface area contributed by atoms with Crippen molar-refractivity contribution in [3.8, 4) is 17.1 Å². The van der Waals surface area contributed by atoms with Crippen LogP contribution in [0.2, 0.25) is 0 Å². The Hall–Kier alpha value is -4.70. The number of pyridine rings is 1. The largest absolute Gasteiger partial charge is 0.478 e. The van der Waals surface area contributed by atoms with Gasteiger partial charge in [-0.2, -0.15) is 0 Å². The van der Waals surface area contributed by atoms with Gasteiger partial charge in [0.1, 0.15) is 29.9 Å². The molecule has 1 aliphatic carbocycles. The molecule has 10 heteroatoms. The summed E-state index contributed by atoms with van der Waals surface area (Å²) in [7, 11) is 1.65. The zero-order valence-corrected chi connectivity index (χ0v) is 24.2. The van der Waals surface area contributed by atoms with Crippen molar-refractivity contribution in [2.75, 3.05) is 13.7 Å². The average molecular weight is 602 g/mol. The van der Waals surface area contributed by atoms with Crippen molar-refractivity contribution in [3.63, 3.8) is 0 Å². The average Bonchev–Trinajstić information content (AvgIpc) is 3.32. The van der Waals surface area contributed by atoms with Crippen LogP contribution in [0.4, 0.5) is 13.2 Å². The van der Waals surface area contributed by atoms with Crippen LogP contribution >= 0.6 is 0 Å². The SMILES string of the molecule is COC[C@H]1C[C@@H](n2c(Cc3cc(F)c(-c4cccc(OCc5ccc(C)cc5F)n4)cc3F)nc3ccc(C(=O)O)cc32)C1. The minimum Gasteiger partial charge on any atom is -0.478 e. The van der Waals surface area contributed by atoms with Crippen molar-refractivity contribution < 1.29 is 32.5 Å². The van der Waals surface area contributed by atoms with Crippen LogP contribution in [-0.2, 0) is 17.8 Å². The molecule has 2 aromatic heterocycles. The Labute approximate surface area is 251 Å². The molecule has 2 heterocycles. The molecule has 1 fully saturated rings. The summed E-state index contributed by atoms with van der Waals surface area (Å²) in [4.78, 5) is 20.7. The third kappa shape index (κ3) is 5.90. The highest BCUT2D eigenvalue weighted by atomic mass is 19.1. The fourth-order valence-electron chi connectivity index (χ4n) is 5.75. The van der Waals surface area contributed by atoms with Gasteiger partial charge in [-0.25, -0.2) is 27.9 Å². The summed E-state index contributed by atoms with van der Waals surface area (Å²) < 4.78 is 58.2. The third-order valence-corrected chi connectivity index (χ3v) is 8.06. The summed E-state index contributed by atoms with van der Waals surface area (Å²) in [6, 6.07) is 16.5. The van der Waals surface area contributed by atoms with Crippen molar-refractivity contribution in [1.29, 1.82) is 0 Å². The van der Waals surface area contributed by atoms with Crippen LogP contribution in [0.1, 0.15) is 51.8 Å². The number of benzene rings is 3. The van der Waals surface area contributed by atoms with Crippen LogP contribution in [0.25, 0.3) is 22.3 Å². The van der Waals surface area contributed by atoms with Crippen molar-refractivity contribution in [1.82, 2.24) is 14.5 Å². The van der Waals surface area contributed by atoms with Gasteiger partial charge in [0, 0.05) is 43.4 Å². The number of aromatic nitrogens is 3. The van der Waals surface area contributed by atoms with Crippen LogP contribution < -0.4 is 4.74 Å². The van der Waals surface area contributed by atoms with Crippen molar-refractivity contribution in [3.05, 3.63) is 112 Å². The number of carboxylic acids is 1. The van der Waals surface area contributed by atoms with Crippen molar-refractivity contribution in [2.45, 2.75) is 38.8 Å². The number of halogens is 3. The first-order valence-corrected chi connectivity index (χ1v) is 14.3. The number of hydrogen-bond donors (Lipinski definition) is 1. The van der Waals surface area contributed by atoms with E-state index in [-0.39, 0.29) is 47.3 Å². The maximum absolute atomic E-state index is 15.6. The number of fused-ring (bicyclic) bond motifs is 1. The Bertz CT molecular complexity index is 1870. The summed E-state index contributed by atoms with van der Waals surface area (Å²) in [6.45, 7) is 2.33. The number of hydrogen-bond acceptors (Lipinski definition) is 5. The quantitative estimate of drug-likeness (QED) is 0.181. The molecular weight excluding hydrogens is 571 g/mol. The van der Waals surface area contributed by atoms with Crippen LogP contribution in [0.5, 0.6) is 5.88 Å².